The van der Waals surface area contributed by atoms with Gasteiger partial charge in [0.1, 0.15) is 17.8 Å². The van der Waals surface area contributed by atoms with Gasteiger partial charge in [0.15, 0.2) is 11.0 Å². The van der Waals surface area contributed by atoms with Crippen LogP contribution in [0.2, 0.25) is 0 Å². The fraction of sp³-hybridized carbons (Fsp3) is 0.371. The van der Waals surface area contributed by atoms with Crippen molar-refractivity contribution < 1.29 is 27.4 Å². The molecular formula is C35H39F3N6O3S. The van der Waals surface area contributed by atoms with Crippen LogP contribution in [0.25, 0.3) is 17.1 Å². The van der Waals surface area contributed by atoms with E-state index in [1.165, 1.54) is 35.3 Å². The number of hydrogen-bond acceptors (Lipinski definition) is 6. The Morgan fingerprint density at radius 3 is 2.46 bits per heavy atom. The summed E-state index contributed by atoms with van der Waals surface area (Å²) in [7, 11) is 1.66. The second-order valence-corrected chi connectivity index (χ2v) is 12.9. The summed E-state index contributed by atoms with van der Waals surface area (Å²) in [5.41, 5.74) is 4.73. The molecule has 1 aliphatic rings. The molecule has 1 N–H and O–H groups in total. The van der Waals surface area contributed by atoms with E-state index in [1.807, 2.05) is 37.3 Å². The molecule has 3 aromatic carbocycles. The number of amidine groups is 1. The second kappa shape index (κ2) is 15.6. The van der Waals surface area contributed by atoms with Crippen molar-refractivity contribution >= 4 is 28.6 Å². The number of aromatic nitrogens is 3. The lowest BCUT2D eigenvalue weighted by Gasteiger charge is -2.32. The van der Waals surface area contributed by atoms with Gasteiger partial charge in [-0.05, 0) is 92.1 Å². The van der Waals surface area contributed by atoms with Gasteiger partial charge < -0.3 is 19.7 Å². The quantitative estimate of drug-likeness (QED) is 0.170. The molecular weight excluding hydrogens is 641 g/mol. The van der Waals surface area contributed by atoms with Gasteiger partial charge in [0, 0.05) is 29.6 Å². The highest BCUT2D eigenvalue weighted by atomic mass is 32.2. The molecule has 0 aliphatic carbocycles. The maximum absolute atomic E-state index is 13.0. The van der Waals surface area contributed by atoms with Crippen molar-refractivity contribution in [3.8, 4) is 28.6 Å². The van der Waals surface area contributed by atoms with E-state index >= 15 is 0 Å². The number of alkyl halides is 3. The van der Waals surface area contributed by atoms with Crippen molar-refractivity contribution in [1.82, 2.24) is 20.1 Å². The highest BCUT2D eigenvalue weighted by molar-refractivity contribution is 8.14. The molecule has 0 bridgehead atoms. The highest BCUT2D eigenvalue weighted by Crippen LogP contribution is 2.35. The third-order valence-electron chi connectivity index (χ3n) is 7.84. The fourth-order valence-electron chi connectivity index (χ4n) is 5.40. The van der Waals surface area contributed by atoms with E-state index in [2.05, 4.69) is 56.0 Å². The van der Waals surface area contributed by atoms with Crippen molar-refractivity contribution in [1.29, 1.82) is 0 Å². The molecule has 48 heavy (non-hydrogen) atoms. The second-order valence-electron chi connectivity index (χ2n) is 11.8. The number of carbonyl (C=O) groups excluding carboxylic acids is 1. The Morgan fingerprint density at radius 1 is 1.04 bits per heavy atom. The predicted octanol–water partition coefficient (Wildman–Crippen LogP) is 8.39. The van der Waals surface area contributed by atoms with Crippen molar-refractivity contribution in [3.63, 3.8) is 0 Å². The van der Waals surface area contributed by atoms with E-state index < -0.39 is 6.36 Å². The predicted molar refractivity (Wildman–Crippen MR) is 183 cm³/mol. The van der Waals surface area contributed by atoms with Gasteiger partial charge in [0.05, 0.1) is 12.8 Å². The van der Waals surface area contributed by atoms with E-state index in [9.17, 15) is 18.0 Å². The van der Waals surface area contributed by atoms with Crippen LogP contribution >= 0.6 is 11.8 Å². The molecule has 0 radical (unpaired) electrons. The minimum Gasteiger partial charge on any atom is -0.497 e. The average Bonchev–Trinajstić information content (AvgIpc) is 3.55. The van der Waals surface area contributed by atoms with E-state index in [1.54, 1.807) is 18.9 Å². The maximum Gasteiger partial charge on any atom is 0.573 e. The summed E-state index contributed by atoms with van der Waals surface area (Å²) in [4.78, 5) is 23.9. The van der Waals surface area contributed by atoms with E-state index in [0.717, 1.165) is 66.1 Å². The molecule has 1 aromatic heterocycles. The number of urea groups is 1. The molecule has 5 rings (SSSR count). The number of carbonyl (C=O) groups is 1. The van der Waals surface area contributed by atoms with Crippen molar-refractivity contribution in [3.05, 3.63) is 84.2 Å². The first-order valence-electron chi connectivity index (χ1n) is 15.8. The highest BCUT2D eigenvalue weighted by Gasteiger charge is 2.31. The lowest BCUT2D eigenvalue weighted by molar-refractivity contribution is -0.274. The van der Waals surface area contributed by atoms with Crippen LogP contribution in [-0.4, -0.2) is 57.8 Å². The van der Waals surface area contributed by atoms with E-state index in [4.69, 9.17) is 4.74 Å². The number of thioether (sulfide) groups is 1. The lowest BCUT2D eigenvalue weighted by atomic mass is 10.00. The molecule has 1 atom stereocenters. The first kappa shape index (κ1) is 34.8. The number of aryl methyl sites for hydroxylation is 1. The Bertz CT molecular complexity index is 1710. The van der Waals surface area contributed by atoms with Crippen LogP contribution in [0.5, 0.6) is 11.5 Å². The van der Waals surface area contributed by atoms with Crippen molar-refractivity contribution in [2.75, 3.05) is 24.3 Å². The number of nitrogens with zero attached hydrogens (tertiary/aromatic N) is 5. The molecule has 2 amide bonds. The normalized spacial score (nSPS) is 15.1. The van der Waals surface area contributed by atoms with Crippen LogP contribution in [0.4, 0.5) is 23.7 Å². The maximum atomic E-state index is 13.0. The van der Waals surface area contributed by atoms with E-state index in [0.29, 0.717) is 16.7 Å². The zero-order valence-corrected chi connectivity index (χ0v) is 28.1. The Hall–Kier alpha value is -4.52. The van der Waals surface area contributed by atoms with E-state index in [-0.39, 0.29) is 23.7 Å². The number of methoxy groups -OCH3 is 1. The number of rotatable bonds is 11. The zero-order chi connectivity index (χ0) is 34.3. The van der Waals surface area contributed by atoms with Crippen LogP contribution < -0.4 is 19.7 Å². The number of hydrogen-bond donors (Lipinski definition) is 1. The van der Waals surface area contributed by atoms with Crippen molar-refractivity contribution in [2.24, 2.45) is 4.99 Å². The summed E-state index contributed by atoms with van der Waals surface area (Å²) >= 11 is 1.60. The summed E-state index contributed by atoms with van der Waals surface area (Å²) in [5.74, 6) is 2.21. The molecule has 0 saturated carbocycles. The van der Waals surface area contributed by atoms with Crippen LogP contribution in [0, 0.1) is 0 Å². The minimum absolute atomic E-state index is 0.0439. The third kappa shape index (κ3) is 9.30. The van der Waals surface area contributed by atoms with Gasteiger partial charge in [0.2, 0.25) is 0 Å². The molecule has 1 saturated heterocycles. The number of amides is 2. The minimum atomic E-state index is -4.74. The lowest BCUT2D eigenvalue weighted by Crippen LogP contribution is -2.37. The van der Waals surface area contributed by atoms with Gasteiger partial charge in [0.25, 0.3) is 0 Å². The van der Waals surface area contributed by atoms with Crippen LogP contribution in [0.3, 0.4) is 0 Å². The summed E-state index contributed by atoms with van der Waals surface area (Å²) in [5, 5.41) is 8.21. The first-order chi connectivity index (χ1) is 23.0. The molecule has 0 spiro atoms. The summed E-state index contributed by atoms with van der Waals surface area (Å²) < 4.78 is 48.2. The van der Waals surface area contributed by atoms with Crippen LogP contribution in [-0.2, 0) is 6.42 Å². The average molecular weight is 681 g/mol. The molecule has 1 aliphatic heterocycles. The largest absolute Gasteiger partial charge is 0.573 e. The molecule has 4 aromatic rings. The van der Waals surface area contributed by atoms with Gasteiger partial charge in [-0.15, -0.1) is 18.3 Å². The topological polar surface area (TPSA) is 93.9 Å². The molecule has 254 valence electrons. The monoisotopic (exact) mass is 680 g/mol. The van der Waals surface area contributed by atoms with Gasteiger partial charge in [-0.25, -0.2) is 14.5 Å². The number of aliphatic imine (C=N–C) groups is 1. The van der Waals surface area contributed by atoms with Gasteiger partial charge in [-0.3, -0.25) is 0 Å². The number of halogens is 3. The van der Waals surface area contributed by atoms with Crippen LogP contribution in [0.1, 0.15) is 57.1 Å². The standard InChI is InChI=1S/C35H39F3N6O3S/c1-23(2)30-21-29(46-4)17-18-31(30)43-19-6-20-48-34(43)41-33(45)40-24(3)7-5-8-25-9-11-26(12-10-25)32-39-22-44(42-32)27-13-15-28(16-14-27)47-35(36,37)38/h9-18,21-24H,5-8,19-20H2,1-4H3,(H,40,45). The van der Waals surface area contributed by atoms with Gasteiger partial charge in [-0.2, -0.15) is 4.99 Å². The molecule has 9 nitrogen and oxygen atoms in total. The number of anilines is 1. The Balaban J connectivity index is 1.12. The summed E-state index contributed by atoms with van der Waals surface area (Å²) in [6.07, 6.45) is 0.282. The SMILES string of the molecule is COc1ccc(N2CCCSC2=NC(=O)NC(C)CCCc2ccc(-c3ncn(-c4ccc(OC(F)(F)F)cc4)n3)cc2)c(C(C)C)c1. The number of nitrogens with one attached hydrogen (secondary N) is 1. The van der Waals surface area contributed by atoms with Crippen molar-refractivity contribution in [2.45, 2.75) is 64.8 Å². The Kier molecular flexibility index (Phi) is 11.3. The van der Waals surface area contributed by atoms with Gasteiger partial charge >= 0.3 is 12.4 Å². The number of ether oxygens (including phenoxy) is 2. The van der Waals surface area contributed by atoms with Crippen LogP contribution in [0.15, 0.2) is 78.0 Å². The zero-order valence-electron chi connectivity index (χ0n) is 27.3. The summed E-state index contributed by atoms with van der Waals surface area (Å²) in [6, 6.07) is 19.0. The Morgan fingerprint density at radius 2 is 1.77 bits per heavy atom. The molecule has 1 unspecified atom stereocenters. The molecule has 2 heterocycles. The third-order valence-corrected chi connectivity index (χ3v) is 8.91. The Labute approximate surface area is 282 Å². The molecule has 1 fully saturated rings. The fourth-order valence-corrected chi connectivity index (χ4v) is 6.35. The molecule has 13 heteroatoms. The first-order valence-corrected chi connectivity index (χ1v) is 16.8. The van der Waals surface area contributed by atoms with Gasteiger partial charge in [-0.1, -0.05) is 49.9 Å². The summed E-state index contributed by atoms with van der Waals surface area (Å²) in [6.45, 7) is 7.09. The smallest absolute Gasteiger partial charge is 0.497 e. The number of benzene rings is 3.